The Bertz CT molecular complexity index is 376. The summed E-state index contributed by atoms with van der Waals surface area (Å²) in [7, 11) is 4.03. The number of hydrogen-bond acceptors (Lipinski definition) is 4. The van der Waals surface area contributed by atoms with E-state index in [9.17, 15) is 4.79 Å². The molecule has 0 radical (unpaired) electrons. The standard InChI is InChI=1S/C13H20N2O3/c1-15(2)8-3-9-18-11-6-4-10(5-7-11)12(14)13(16)17/h4-7,12H,3,8-9,14H2,1-2H3,(H,16,17). The Morgan fingerprint density at radius 3 is 2.50 bits per heavy atom. The van der Waals surface area contributed by atoms with Crippen LogP contribution in [0.3, 0.4) is 0 Å². The van der Waals surface area contributed by atoms with Crippen LogP contribution in [0, 0.1) is 0 Å². The molecule has 0 bridgehead atoms. The smallest absolute Gasteiger partial charge is 0.325 e. The number of rotatable bonds is 7. The molecular weight excluding hydrogens is 232 g/mol. The second-order valence-corrected chi connectivity index (χ2v) is 4.39. The Morgan fingerprint density at radius 2 is 2.00 bits per heavy atom. The van der Waals surface area contributed by atoms with E-state index >= 15 is 0 Å². The van der Waals surface area contributed by atoms with E-state index in [-0.39, 0.29) is 0 Å². The highest BCUT2D eigenvalue weighted by molar-refractivity contribution is 5.75. The van der Waals surface area contributed by atoms with Crippen LogP contribution in [0.2, 0.25) is 0 Å². The molecule has 1 aromatic carbocycles. The van der Waals surface area contributed by atoms with E-state index in [2.05, 4.69) is 4.90 Å². The Balaban J connectivity index is 2.43. The number of ether oxygens (including phenoxy) is 1. The zero-order valence-electron chi connectivity index (χ0n) is 10.8. The van der Waals surface area contributed by atoms with Gasteiger partial charge in [0.1, 0.15) is 11.8 Å². The molecule has 1 unspecified atom stereocenters. The number of nitrogens with zero attached hydrogens (tertiary/aromatic N) is 1. The SMILES string of the molecule is CN(C)CCCOc1ccc(C(N)C(=O)O)cc1. The molecule has 18 heavy (non-hydrogen) atoms. The van der Waals surface area contributed by atoms with Crippen LogP contribution in [-0.4, -0.2) is 43.2 Å². The topological polar surface area (TPSA) is 75.8 Å². The van der Waals surface area contributed by atoms with E-state index in [1.807, 2.05) is 14.1 Å². The number of carboxylic acid groups (broad SMARTS) is 1. The molecule has 1 atom stereocenters. The molecule has 0 aromatic heterocycles. The molecular formula is C13H20N2O3. The van der Waals surface area contributed by atoms with Gasteiger partial charge in [-0.2, -0.15) is 0 Å². The van der Waals surface area contributed by atoms with Crippen LogP contribution >= 0.6 is 0 Å². The first-order chi connectivity index (χ1) is 8.50. The summed E-state index contributed by atoms with van der Waals surface area (Å²) in [6, 6.07) is 5.87. The highest BCUT2D eigenvalue weighted by Crippen LogP contribution is 2.16. The third-order valence-electron chi connectivity index (χ3n) is 2.52. The summed E-state index contributed by atoms with van der Waals surface area (Å²) < 4.78 is 5.54. The van der Waals surface area contributed by atoms with Crippen molar-refractivity contribution in [1.29, 1.82) is 0 Å². The lowest BCUT2D eigenvalue weighted by molar-refractivity contribution is -0.138. The summed E-state index contributed by atoms with van der Waals surface area (Å²) in [4.78, 5) is 12.8. The average molecular weight is 252 g/mol. The van der Waals surface area contributed by atoms with Crippen molar-refractivity contribution in [1.82, 2.24) is 4.90 Å². The fourth-order valence-electron chi connectivity index (χ4n) is 1.48. The van der Waals surface area contributed by atoms with Crippen molar-refractivity contribution in [2.45, 2.75) is 12.5 Å². The molecule has 0 aliphatic rings. The second-order valence-electron chi connectivity index (χ2n) is 4.39. The monoisotopic (exact) mass is 252 g/mol. The molecule has 100 valence electrons. The van der Waals surface area contributed by atoms with Crippen molar-refractivity contribution in [3.05, 3.63) is 29.8 Å². The lowest BCUT2D eigenvalue weighted by Crippen LogP contribution is -2.20. The fourth-order valence-corrected chi connectivity index (χ4v) is 1.48. The molecule has 0 heterocycles. The van der Waals surface area contributed by atoms with Gasteiger partial charge in [-0.25, -0.2) is 0 Å². The van der Waals surface area contributed by atoms with E-state index in [0.29, 0.717) is 12.2 Å². The molecule has 0 saturated carbocycles. The van der Waals surface area contributed by atoms with Crippen LogP contribution in [0.5, 0.6) is 5.75 Å². The molecule has 5 heteroatoms. The number of carboxylic acids is 1. The Hall–Kier alpha value is -1.59. The maximum Gasteiger partial charge on any atom is 0.325 e. The summed E-state index contributed by atoms with van der Waals surface area (Å²) in [5, 5.41) is 8.77. The zero-order chi connectivity index (χ0) is 13.5. The van der Waals surface area contributed by atoms with Gasteiger partial charge in [-0.15, -0.1) is 0 Å². The number of nitrogens with two attached hydrogens (primary N) is 1. The van der Waals surface area contributed by atoms with Crippen LogP contribution in [0.1, 0.15) is 18.0 Å². The number of hydrogen-bond donors (Lipinski definition) is 2. The van der Waals surface area contributed by atoms with Gasteiger partial charge in [0.25, 0.3) is 0 Å². The first-order valence-electron chi connectivity index (χ1n) is 5.86. The lowest BCUT2D eigenvalue weighted by atomic mass is 10.1. The molecule has 0 amide bonds. The molecule has 0 fully saturated rings. The second kappa shape index (κ2) is 6.98. The van der Waals surface area contributed by atoms with Crippen molar-refractivity contribution in [3.8, 4) is 5.75 Å². The van der Waals surface area contributed by atoms with Crippen LogP contribution in [0.15, 0.2) is 24.3 Å². The summed E-state index contributed by atoms with van der Waals surface area (Å²) in [5.74, 6) is -0.301. The largest absolute Gasteiger partial charge is 0.494 e. The van der Waals surface area contributed by atoms with Gasteiger partial charge in [0.05, 0.1) is 6.61 Å². The molecule has 0 spiro atoms. The Morgan fingerprint density at radius 1 is 1.39 bits per heavy atom. The molecule has 1 aromatic rings. The summed E-state index contributed by atoms with van der Waals surface area (Å²) in [6.45, 7) is 1.62. The number of carbonyl (C=O) groups is 1. The maximum atomic E-state index is 10.7. The Kier molecular flexibility index (Phi) is 5.61. The zero-order valence-corrected chi connectivity index (χ0v) is 10.8. The van der Waals surface area contributed by atoms with Gasteiger partial charge in [-0.05, 0) is 38.2 Å². The third kappa shape index (κ3) is 4.73. The van der Waals surface area contributed by atoms with E-state index in [4.69, 9.17) is 15.6 Å². The first-order valence-corrected chi connectivity index (χ1v) is 5.86. The van der Waals surface area contributed by atoms with Gasteiger partial charge < -0.3 is 20.5 Å². The highest BCUT2D eigenvalue weighted by atomic mass is 16.5. The number of benzene rings is 1. The van der Waals surface area contributed by atoms with E-state index in [0.717, 1.165) is 18.7 Å². The summed E-state index contributed by atoms with van der Waals surface area (Å²) >= 11 is 0. The van der Waals surface area contributed by atoms with Gasteiger partial charge in [0.15, 0.2) is 0 Å². The quantitative estimate of drug-likeness (QED) is 0.711. The van der Waals surface area contributed by atoms with Gasteiger partial charge in [-0.1, -0.05) is 12.1 Å². The molecule has 0 aliphatic heterocycles. The summed E-state index contributed by atoms with van der Waals surface area (Å²) in [6.07, 6.45) is 0.948. The Labute approximate surface area is 107 Å². The minimum atomic E-state index is -1.03. The van der Waals surface area contributed by atoms with Crippen LogP contribution in [0.25, 0.3) is 0 Å². The van der Waals surface area contributed by atoms with Crippen LogP contribution < -0.4 is 10.5 Å². The fraction of sp³-hybridized carbons (Fsp3) is 0.462. The van der Waals surface area contributed by atoms with Crippen LogP contribution in [-0.2, 0) is 4.79 Å². The predicted octanol–water partition coefficient (Wildman–Crippen LogP) is 1.10. The predicted molar refractivity (Wildman–Crippen MR) is 69.7 cm³/mol. The van der Waals surface area contributed by atoms with E-state index in [1.165, 1.54) is 0 Å². The van der Waals surface area contributed by atoms with E-state index in [1.54, 1.807) is 24.3 Å². The van der Waals surface area contributed by atoms with E-state index < -0.39 is 12.0 Å². The third-order valence-corrected chi connectivity index (χ3v) is 2.52. The van der Waals surface area contributed by atoms with Gasteiger partial charge in [-0.3, -0.25) is 4.79 Å². The maximum absolute atomic E-state index is 10.7. The molecule has 0 saturated heterocycles. The van der Waals surface area contributed by atoms with Crippen molar-refractivity contribution in [2.75, 3.05) is 27.2 Å². The molecule has 3 N–H and O–H groups in total. The van der Waals surface area contributed by atoms with Crippen molar-refractivity contribution >= 4 is 5.97 Å². The average Bonchev–Trinajstić information content (AvgIpc) is 2.34. The first kappa shape index (κ1) is 14.5. The molecule has 0 aliphatic carbocycles. The number of aliphatic carboxylic acids is 1. The summed E-state index contributed by atoms with van der Waals surface area (Å²) in [5.41, 5.74) is 6.07. The van der Waals surface area contributed by atoms with Crippen molar-refractivity contribution in [2.24, 2.45) is 5.73 Å². The van der Waals surface area contributed by atoms with Gasteiger partial charge in [0.2, 0.25) is 0 Å². The van der Waals surface area contributed by atoms with Gasteiger partial charge in [0, 0.05) is 6.54 Å². The van der Waals surface area contributed by atoms with Crippen molar-refractivity contribution < 1.29 is 14.6 Å². The van der Waals surface area contributed by atoms with Gasteiger partial charge >= 0.3 is 5.97 Å². The minimum absolute atomic E-state index is 0.572. The van der Waals surface area contributed by atoms with Crippen LogP contribution in [0.4, 0.5) is 0 Å². The lowest BCUT2D eigenvalue weighted by Gasteiger charge is -2.11. The minimum Gasteiger partial charge on any atom is -0.494 e. The van der Waals surface area contributed by atoms with Crippen molar-refractivity contribution in [3.63, 3.8) is 0 Å². The highest BCUT2D eigenvalue weighted by Gasteiger charge is 2.13. The normalized spacial score (nSPS) is 12.4. The molecule has 5 nitrogen and oxygen atoms in total. The molecule has 1 rings (SSSR count).